The quantitative estimate of drug-likeness (QED) is 0.344. The summed E-state index contributed by atoms with van der Waals surface area (Å²) in [4.78, 5) is 4.55. The molecule has 1 heteroatoms. The van der Waals surface area contributed by atoms with E-state index in [9.17, 15) is 0 Å². The van der Waals surface area contributed by atoms with Crippen molar-refractivity contribution in [3.8, 4) is 0 Å². The maximum atomic E-state index is 4.55. The molecular formula is C11H19N. The minimum Gasteiger partial charge on any atom is -0.294 e. The SMILES string of the molecule is C=CCCC=NC1CCCCC1. The van der Waals surface area contributed by atoms with Gasteiger partial charge in [0.2, 0.25) is 0 Å². The first-order valence-corrected chi connectivity index (χ1v) is 5.06. The molecule has 0 heterocycles. The zero-order chi connectivity index (χ0) is 8.65. The van der Waals surface area contributed by atoms with Crippen molar-refractivity contribution in [1.29, 1.82) is 0 Å². The summed E-state index contributed by atoms with van der Waals surface area (Å²) in [7, 11) is 0. The summed E-state index contributed by atoms with van der Waals surface area (Å²) < 4.78 is 0. The molecule has 0 spiro atoms. The van der Waals surface area contributed by atoms with E-state index in [0.29, 0.717) is 6.04 Å². The van der Waals surface area contributed by atoms with Crippen LogP contribution < -0.4 is 0 Å². The van der Waals surface area contributed by atoms with E-state index in [-0.39, 0.29) is 0 Å². The van der Waals surface area contributed by atoms with Gasteiger partial charge in [-0.2, -0.15) is 0 Å². The van der Waals surface area contributed by atoms with Crippen molar-refractivity contribution < 1.29 is 0 Å². The first kappa shape index (κ1) is 9.50. The summed E-state index contributed by atoms with van der Waals surface area (Å²) in [6.07, 6.45) is 13.0. The standard InChI is InChI=1S/C11H19N/c1-2-3-7-10-12-11-8-5-4-6-9-11/h2,10-11H,1,3-9H2. The molecule has 1 fully saturated rings. The number of rotatable bonds is 4. The molecule has 0 saturated heterocycles. The van der Waals surface area contributed by atoms with Crippen LogP contribution in [0.1, 0.15) is 44.9 Å². The monoisotopic (exact) mass is 165 g/mol. The Kier molecular flexibility index (Phi) is 4.74. The largest absolute Gasteiger partial charge is 0.294 e. The lowest BCUT2D eigenvalue weighted by Gasteiger charge is -2.16. The smallest absolute Gasteiger partial charge is 0.0495 e. The Labute approximate surface area is 75.6 Å². The van der Waals surface area contributed by atoms with Gasteiger partial charge < -0.3 is 0 Å². The Morgan fingerprint density at radius 3 is 2.58 bits per heavy atom. The molecular weight excluding hydrogens is 146 g/mol. The van der Waals surface area contributed by atoms with Crippen LogP contribution in [-0.4, -0.2) is 12.3 Å². The summed E-state index contributed by atoms with van der Waals surface area (Å²) in [5, 5.41) is 0. The zero-order valence-corrected chi connectivity index (χ0v) is 7.84. The number of allylic oxidation sites excluding steroid dienone is 1. The highest BCUT2D eigenvalue weighted by molar-refractivity contribution is 5.57. The van der Waals surface area contributed by atoms with Crippen LogP contribution in [0.3, 0.4) is 0 Å². The van der Waals surface area contributed by atoms with Gasteiger partial charge in [-0.3, -0.25) is 4.99 Å². The zero-order valence-electron chi connectivity index (χ0n) is 7.84. The van der Waals surface area contributed by atoms with Crippen molar-refractivity contribution in [1.82, 2.24) is 0 Å². The van der Waals surface area contributed by atoms with Gasteiger partial charge in [0, 0.05) is 6.04 Å². The molecule has 12 heavy (non-hydrogen) atoms. The predicted octanol–water partition coefficient (Wildman–Crippen LogP) is 3.36. The van der Waals surface area contributed by atoms with Gasteiger partial charge in [-0.05, 0) is 31.9 Å². The average molecular weight is 165 g/mol. The fourth-order valence-corrected chi connectivity index (χ4v) is 1.65. The molecule has 0 N–H and O–H groups in total. The fourth-order valence-electron chi connectivity index (χ4n) is 1.65. The maximum absolute atomic E-state index is 4.55. The van der Waals surface area contributed by atoms with Gasteiger partial charge in [-0.15, -0.1) is 6.58 Å². The topological polar surface area (TPSA) is 12.4 Å². The second-order valence-corrected chi connectivity index (χ2v) is 3.49. The van der Waals surface area contributed by atoms with Crippen LogP contribution in [0.15, 0.2) is 17.6 Å². The molecule has 0 atom stereocenters. The molecule has 0 unspecified atom stereocenters. The molecule has 0 aromatic heterocycles. The molecule has 0 aliphatic heterocycles. The maximum Gasteiger partial charge on any atom is 0.0495 e. The van der Waals surface area contributed by atoms with E-state index < -0.39 is 0 Å². The van der Waals surface area contributed by atoms with Crippen molar-refractivity contribution in [2.75, 3.05) is 0 Å². The highest BCUT2D eigenvalue weighted by Crippen LogP contribution is 2.19. The van der Waals surface area contributed by atoms with Crippen LogP contribution in [0, 0.1) is 0 Å². The third kappa shape index (κ3) is 3.70. The molecule has 0 amide bonds. The number of hydrogen-bond acceptors (Lipinski definition) is 1. The second-order valence-electron chi connectivity index (χ2n) is 3.49. The summed E-state index contributed by atoms with van der Waals surface area (Å²) in [6, 6.07) is 0.642. The van der Waals surface area contributed by atoms with E-state index in [1.54, 1.807) is 0 Å². The van der Waals surface area contributed by atoms with E-state index in [2.05, 4.69) is 17.8 Å². The number of unbranched alkanes of at least 4 members (excludes halogenated alkanes) is 1. The van der Waals surface area contributed by atoms with E-state index in [4.69, 9.17) is 0 Å². The summed E-state index contributed by atoms with van der Waals surface area (Å²) in [6.45, 7) is 3.68. The first-order valence-electron chi connectivity index (χ1n) is 5.06. The van der Waals surface area contributed by atoms with Crippen LogP contribution >= 0.6 is 0 Å². The molecule has 1 aliphatic carbocycles. The molecule has 0 bridgehead atoms. The van der Waals surface area contributed by atoms with Crippen LogP contribution in [0.25, 0.3) is 0 Å². The lowest BCUT2D eigenvalue weighted by Crippen LogP contribution is -2.09. The lowest BCUT2D eigenvalue weighted by atomic mass is 9.96. The van der Waals surface area contributed by atoms with Crippen LogP contribution in [-0.2, 0) is 0 Å². The van der Waals surface area contributed by atoms with Crippen molar-refractivity contribution in [2.45, 2.75) is 51.0 Å². The van der Waals surface area contributed by atoms with Crippen molar-refractivity contribution in [3.05, 3.63) is 12.7 Å². The molecule has 1 nitrogen and oxygen atoms in total. The van der Waals surface area contributed by atoms with Crippen LogP contribution in [0.4, 0.5) is 0 Å². The van der Waals surface area contributed by atoms with E-state index >= 15 is 0 Å². The third-order valence-electron chi connectivity index (χ3n) is 2.39. The molecule has 68 valence electrons. The van der Waals surface area contributed by atoms with Crippen LogP contribution in [0.5, 0.6) is 0 Å². The Bertz CT molecular complexity index is 143. The highest BCUT2D eigenvalue weighted by atomic mass is 14.8. The fraction of sp³-hybridized carbons (Fsp3) is 0.727. The molecule has 1 rings (SSSR count). The van der Waals surface area contributed by atoms with Crippen molar-refractivity contribution in [2.24, 2.45) is 4.99 Å². The second kappa shape index (κ2) is 5.99. The van der Waals surface area contributed by atoms with E-state index in [0.717, 1.165) is 12.8 Å². The van der Waals surface area contributed by atoms with Gasteiger partial charge in [0.05, 0.1) is 0 Å². The van der Waals surface area contributed by atoms with Gasteiger partial charge in [0.25, 0.3) is 0 Å². The first-order chi connectivity index (χ1) is 5.93. The van der Waals surface area contributed by atoms with Gasteiger partial charge >= 0.3 is 0 Å². The summed E-state index contributed by atoms with van der Waals surface area (Å²) in [5.74, 6) is 0. The lowest BCUT2D eigenvalue weighted by molar-refractivity contribution is 0.444. The van der Waals surface area contributed by atoms with Gasteiger partial charge in [0.1, 0.15) is 0 Å². The third-order valence-corrected chi connectivity index (χ3v) is 2.39. The Hall–Kier alpha value is -0.590. The highest BCUT2D eigenvalue weighted by Gasteiger charge is 2.09. The minimum atomic E-state index is 0.642. The predicted molar refractivity (Wildman–Crippen MR) is 54.8 cm³/mol. The molecule has 1 saturated carbocycles. The average Bonchev–Trinajstić information content (AvgIpc) is 2.14. The molecule has 0 aromatic carbocycles. The van der Waals surface area contributed by atoms with Gasteiger partial charge in [-0.25, -0.2) is 0 Å². The molecule has 1 aliphatic rings. The minimum absolute atomic E-state index is 0.642. The summed E-state index contributed by atoms with van der Waals surface area (Å²) in [5.41, 5.74) is 0. The Morgan fingerprint density at radius 1 is 1.17 bits per heavy atom. The number of aliphatic imine (C=N–C) groups is 1. The van der Waals surface area contributed by atoms with Gasteiger partial charge in [-0.1, -0.05) is 25.3 Å². The van der Waals surface area contributed by atoms with Crippen molar-refractivity contribution >= 4 is 6.21 Å². The Morgan fingerprint density at radius 2 is 1.92 bits per heavy atom. The number of nitrogens with zero attached hydrogens (tertiary/aromatic N) is 1. The molecule has 0 radical (unpaired) electrons. The van der Waals surface area contributed by atoms with E-state index in [1.165, 1.54) is 32.1 Å². The van der Waals surface area contributed by atoms with Crippen molar-refractivity contribution in [3.63, 3.8) is 0 Å². The summed E-state index contributed by atoms with van der Waals surface area (Å²) >= 11 is 0. The molecule has 0 aromatic rings. The van der Waals surface area contributed by atoms with E-state index in [1.807, 2.05) is 6.08 Å². The normalized spacial score (nSPS) is 20.0. The van der Waals surface area contributed by atoms with Crippen LogP contribution in [0.2, 0.25) is 0 Å². The van der Waals surface area contributed by atoms with Gasteiger partial charge in [0.15, 0.2) is 0 Å². The Balaban J connectivity index is 2.10. The number of hydrogen-bond donors (Lipinski definition) is 0.